The maximum absolute atomic E-state index is 11.9. The number of esters is 1. The van der Waals surface area contributed by atoms with Crippen LogP contribution in [0.1, 0.15) is 27.7 Å². The number of halogens is 1. The summed E-state index contributed by atoms with van der Waals surface area (Å²) in [5.74, 6) is -0.751. The van der Waals surface area contributed by atoms with E-state index >= 15 is 0 Å². The molecule has 1 amide bonds. The first-order valence-electron chi connectivity index (χ1n) is 7.49. The fourth-order valence-electron chi connectivity index (χ4n) is 1.65. The van der Waals surface area contributed by atoms with Crippen LogP contribution in [0.2, 0.25) is 0 Å². The van der Waals surface area contributed by atoms with E-state index in [1.54, 1.807) is 31.2 Å². The summed E-state index contributed by atoms with van der Waals surface area (Å²) in [6, 6.07) is 9.05. The number of carbonyl (C=O) groups is 2. The third kappa shape index (κ3) is 5.85. The Morgan fingerprint density at radius 1 is 1.29 bits per heavy atom. The molecule has 0 bridgehead atoms. The minimum absolute atomic E-state index is 0.0817. The predicted molar refractivity (Wildman–Crippen MR) is 92.2 cm³/mol. The van der Waals surface area contributed by atoms with Gasteiger partial charge >= 0.3 is 5.97 Å². The van der Waals surface area contributed by atoms with Gasteiger partial charge in [-0.25, -0.2) is 4.79 Å². The summed E-state index contributed by atoms with van der Waals surface area (Å²) in [7, 11) is 0. The molecule has 1 rings (SSSR count). The second-order valence-corrected chi connectivity index (χ2v) is 6.75. The fraction of sp³-hybridized carbons (Fsp3) is 0.471. The smallest absolute Gasteiger partial charge is 0.347 e. The maximum Gasteiger partial charge on any atom is 0.347 e. The lowest BCUT2D eigenvalue weighted by atomic mass is 9.90. The molecule has 7 heteroatoms. The van der Waals surface area contributed by atoms with E-state index in [1.165, 1.54) is 6.92 Å². The number of hydrogen-bond donors (Lipinski definition) is 1. The summed E-state index contributed by atoms with van der Waals surface area (Å²) < 4.78 is 11.3. The quantitative estimate of drug-likeness (QED) is 0.715. The Kier molecular flexibility index (Phi) is 7.23. The van der Waals surface area contributed by atoms with Crippen LogP contribution in [0.25, 0.3) is 0 Å². The molecular formula is C17H21BrN2O4. The number of hydrogen-bond acceptors (Lipinski definition) is 5. The van der Waals surface area contributed by atoms with Crippen LogP contribution >= 0.6 is 15.9 Å². The van der Waals surface area contributed by atoms with Crippen molar-refractivity contribution < 1.29 is 19.1 Å². The van der Waals surface area contributed by atoms with Gasteiger partial charge in [0.05, 0.1) is 6.07 Å². The van der Waals surface area contributed by atoms with E-state index in [-0.39, 0.29) is 5.92 Å². The topological polar surface area (TPSA) is 88.4 Å². The molecule has 6 nitrogen and oxygen atoms in total. The Morgan fingerprint density at radius 3 is 2.38 bits per heavy atom. The van der Waals surface area contributed by atoms with Crippen LogP contribution < -0.4 is 10.1 Å². The molecule has 24 heavy (non-hydrogen) atoms. The van der Waals surface area contributed by atoms with E-state index in [2.05, 4.69) is 27.3 Å². The second-order valence-electron chi connectivity index (χ2n) is 5.84. The van der Waals surface area contributed by atoms with Crippen LogP contribution in [0.15, 0.2) is 28.7 Å². The normalized spacial score (nSPS) is 14.2. The standard InChI is InChI=1S/C17H21BrN2O4/c1-11(2)17(4,10-19)20-15(21)9-23-16(22)12(3)24-14-7-5-13(18)6-8-14/h5-8,11-12H,9H2,1-4H3,(H,20,21)/t12-,17-/m1/s1. The monoisotopic (exact) mass is 396 g/mol. The lowest BCUT2D eigenvalue weighted by Crippen LogP contribution is -2.50. The third-order valence-corrected chi connectivity index (χ3v) is 4.12. The summed E-state index contributed by atoms with van der Waals surface area (Å²) in [5.41, 5.74) is -1.01. The molecule has 0 heterocycles. The lowest BCUT2D eigenvalue weighted by Gasteiger charge is -2.27. The molecule has 0 unspecified atom stereocenters. The molecule has 1 aromatic carbocycles. The van der Waals surface area contributed by atoms with Crippen LogP contribution in [0.5, 0.6) is 5.75 Å². The Morgan fingerprint density at radius 2 is 1.88 bits per heavy atom. The van der Waals surface area contributed by atoms with Crippen molar-refractivity contribution in [2.75, 3.05) is 6.61 Å². The molecule has 0 spiro atoms. The first-order valence-corrected chi connectivity index (χ1v) is 8.28. The van der Waals surface area contributed by atoms with Gasteiger partial charge in [-0.1, -0.05) is 29.8 Å². The van der Waals surface area contributed by atoms with Crippen molar-refractivity contribution in [1.82, 2.24) is 5.32 Å². The average Bonchev–Trinajstić information content (AvgIpc) is 2.54. The number of ether oxygens (including phenoxy) is 2. The molecule has 0 aliphatic rings. The van der Waals surface area contributed by atoms with E-state index in [1.807, 2.05) is 13.8 Å². The molecule has 1 aromatic rings. The van der Waals surface area contributed by atoms with Crippen LogP contribution in [0.4, 0.5) is 0 Å². The zero-order chi connectivity index (χ0) is 18.3. The molecule has 0 aliphatic heterocycles. The van der Waals surface area contributed by atoms with Crippen molar-refractivity contribution in [3.63, 3.8) is 0 Å². The predicted octanol–water partition coefficient (Wildman–Crippen LogP) is 2.81. The minimum atomic E-state index is -1.01. The van der Waals surface area contributed by atoms with Crippen LogP contribution in [0, 0.1) is 17.2 Å². The van der Waals surface area contributed by atoms with Crippen molar-refractivity contribution in [1.29, 1.82) is 5.26 Å². The highest BCUT2D eigenvalue weighted by Gasteiger charge is 2.30. The van der Waals surface area contributed by atoms with Gasteiger partial charge in [0.25, 0.3) is 5.91 Å². The van der Waals surface area contributed by atoms with Crippen molar-refractivity contribution in [2.24, 2.45) is 5.92 Å². The molecule has 2 atom stereocenters. The number of benzene rings is 1. The fourth-order valence-corrected chi connectivity index (χ4v) is 1.91. The Labute approximate surface area is 150 Å². The highest BCUT2D eigenvalue weighted by Crippen LogP contribution is 2.18. The van der Waals surface area contributed by atoms with Crippen molar-refractivity contribution in [3.8, 4) is 11.8 Å². The number of amides is 1. The molecule has 0 fully saturated rings. The molecule has 0 saturated carbocycles. The molecule has 0 aromatic heterocycles. The largest absolute Gasteiger partial charge is 0.479 e. The number of nitriles is 1. The van der Waals surface area contributed by atoms with E-state index in [0.717, 1.165) is 4.47 Å². The van der Waals surface area contributed by atoms with Gasteiger partial charge in [0.2, 0.25) is 0 Å². The number of rotatable bonds is 7. The molecular weight excluding hydrogens is 376 g/mol. The summed E-state index contributed by atoms with van der Waals surface area (Å²) in [6.07, 6.45) is -0.855. The SMILES string of the molecule is CC(C)[C@@](C)(C#N)NC(=O)COC(=O)[C@@H](C)Oc1ccc(Br)cc1. The minimum Gasteiger partial charge on any atom is -0.479 e. The Balaban J connectivity index is 2.49. The summed E-state index contributed by atoms with van der Waals surface area (Å²) in [5, 5.41) is 11.7. The zero-order valence-corrected chi connectivity index (χ0v) is 15.7. The number of nitrogens with one attached hydrogen (secondary N) is 1. The summed E-state index contributed by atoms with van der Waals surface area (Å²) in [4.78, 5) is 23.7. The number of nitrogens with zero attached hydrogens (tertiary/aromatic N) is 1. The van der Waals surface area contributed by atoms with Gasteiger partial charge in [-0.2, -0.15) is 5.26 Å². The molecule has 1 N–H and O–H groups in total. The second kappa shape index (κ2) is 8.69. The molecule has 0 aliphatic carbocycles. The van der Waals surface area contributed by atoms with E-state index in [9.17, 15) is 9.59 Å². The highest BCUT2D eigenvalue weighted by molar-refractivity contribution is 9.10. The summed E-state index contributed by atoms with van der Waals surface area (Å²) in [6.45, 7) is 6.34. The number of carbonyl (C=O) groups excluding carboxylic acids is 2. The first kappa shape index (κ1) is 20.0. The molecule has 130 valence electrons. The first-order chi connectivity index (χ1) is 11.2. The Bertz CT molecular complexity index is 624. The highest BCUT2D eigenvalue weighted by atomic mass is 79.9. The average molecular weight is 397 g/mol. The zero-order valence-electron chi connectivity index (χ0n) is 14.1. The molecule has 0 radical (unpaired) electrons. The van der Waals surface area contributed by atoms with Crippen LogP contribution in [0.3, 0.4) is 0 Å². The van der Waals surface area contributed by atoms with E-state index in [4.69, 9.17) is 14.7 Å². The van der Waals surface area contributed by atoms with Crippen molar-refractivity contribution in [3.05, 3.63) is 28.7 Å². The van der Waals surface area contributed by atoms with E-state index < -0.39 is 30.1 Å². The van der Waals surface area contributed by atoms with E-state index in [0.29, 0.717) is 5.75 Å². The lowest BCUT2D eigenvalue weighted by molar-refractivity contribution is -0.155. The van der Waals surface area contributed by atoms with Gasteiger partial charge in [-0.3, -0.25) is 4.79 Å². The maximum atomic E-state index is 11.9. The van der Waals surface area contributed by atoms with Crippen molar-refractivity contribution in [2.45, 2.75) is 39.3 Å². The van der Waals surface area contributed by atoms with Crippen LogP contribution in [-0.4, -0.2) is 30.1 Å². The Hall–Kier alpha value is -2.07. The van der Waals surface area contributed by atoms with Gasteiger partial charge in [-0.15, -0.1) is 0 Å². The van der Waals surface area contributed by atoms with Gasteiger partial charge in [0.1, 0.15) is 11.3 Å². The third-order valence-electron chi connectivity index (χ3n) is 3.59. The summed E-state index contributed by atoms with van der Waals surface area (Å²) >= 11 is 3.31. The van der Waals surface area contributed by atoms with Gasteiger partial charge in [0, 0.05) is 4.47 Å². The van der Waals surface area contributed by atoms with Gasteiger partial charge in [0.15, 0.2) is 12.7 Å². The molecule has 0 saturated heterocycles. The van der Waals surface area contributed by atoms with Gasteiger partial charge < -0.3 is 14.8 Å². The van der Waals surface area contributed by atoms with Gasteiger partial charge in [-0.05, 0) is 44.0 Å². The van der Waals surface area contributed by atoms with Crippen LogP contribution in [-0.2, 0) is 14.3 Å². The van der Waals surface area contributed by atoms with Crippen molar-refractivity contribution >= 4 is 27.8 Å².